The summed E-state index contributed by atoms with van der Waals surface area (Å²) >= 11 is 0. The van der Waals surface area contributed by atoms with E-state index < -0.39 is 5.97 Å². The number of nitrogens with one attached hydrogen (secondary N) is 1. The molecule has 17 nitrogen and oxygen atoms in total. The molecule has 0 fully saturated rings. The highest BCUT2D eigenvalue weighted by Gasteiger charge is 2.34. The van der Waals surface area contributed by atoms with Crippen molar-refractivity contribution in [3.8, 4) is 0 Å². The minimum atomic E-state index is -0.988. The number of imide groups is 1. The molecule has 1 heterocycles. The minimum Gasteiger partial charge on any atom is -0.481 e. The standard InChI is InChI=1S/C35H56N2O15/c38-32(6-7-33(39)40)36-8-3-10-43-12-14-45-16-18-47-20-22-49-24-26-51-28-29-52-27-25-50-23-21-48-19-17-46-15-13-44-11-9-37-34(41)30-4-1-2-5-31(30)35(37)42/h1-2,4-5H,3,6-29H2,(H,36,38)(H,39,40). The van der Waals surface area contributed by atoms with Gasteiger partial charge in [0.15, 0.2) is 0 Å². The molecule has 1 aliphatic rings. The molecule has 2 N–H and O–H groups in total. The monoisotopic (exact) mass is 744 g/mol. The number of carboxylic acid groups (broad SMARTS) is 1. The van der Waals surface area contributed by atoms with Crippen LogP contribution in [0, 0.1) is 0 Å². The molecule has 0 aromatic heterocycles. The lowest BCUT2D eigenvalue weighted by Crippen LogP contribution is -2.33. The number of benzene rings is 1. The van der Waals surface area contributed by atoms with Crippen LogP contribution in [0.3, 0.4) is 0 Å². The fourth-order valence-electron chi connectivity index (χ4n) is 4.39. The maximum atomic E-state index is 12.3. The van der Waals surface area contributed by atoms with Gasteiger partial charge in [-0.25, -0.2) is 0 Å². The molecule has 1 aromatic rings. The summed E-state index contributed by atoms with van der Waals surface area (Å²) in [6.07, 6.45) is 0.458. The van der Waals surface area contributed by atoms with Crippen molar-refractivity contribution in [2.24, 2.45) is 0 Å². The van der Waals surface area contributed by atoms with Gasteiger partial charge in [-0.05, 0) is 18.6 Å². The van der Waals surface area contributed by atoms with E-state index in [0.29, 0.717) is 150 Å². The number of ether oxygens (including phenoxy) is 10. The third-order valence-corrected chi connectivity index (χ3v) is 7.04. The van der Waals surface area contributed by atoms with E-state index in [0.717, 1.165) is 0 Å². The smallest absolute Gasteiger partial charge is 0.303 e. The molecule has 0 saturated heterocycles. The molecule has 2 rings (SSSR count). The van der Waals surface area contributed by atoms with Crippen molar-refractivity contribution in [2.75, 3.05) is 145 Å². The molecule has 3 amide bonds. The number of nitrogens with zero attached hydrogens (tertiary/aromatic N) is 1. The van der Waals surface area contributed by atoms with E-state index in [-0.39, 0.29) is 43.7 Å². The Morgan fingerprint density at radius 1 is 0.500 bits per heavy atom. The molecule has 0 bridgehead atoms. The highest BCUT2D eigenvalue weighted by Crippen LogP contribution is 2.21. The molecule has 1 aromatic carbocycles. The Labute approximate surface area is 305 Å². The first-order valence-corrected chi connectivity index (χ1v) is 17.7. The predicted molar refractivity (Wildman–Crippen MR) is 184 cm³/mol. The molecule has 0 radical (unpaired) electrons. The van der Waals surface area contributed by atoms with Crippen molar-refractivity contribution >= 4 is 23.7 Å². The Balaban J connectivity index is 1.17. The summed E-state index contributed by atoms with van der Waals surface area (Å²) in [6, 6.07) is 6.79. The summed E-state index contributed by atoms with van der Waals surface area (Å²) in [5.41, 5.74) is 0.870. The number of amides is 3. The number of aliphatic carboxylic acids is 1. The van der Waals surface area contributed by atoms with Crippen molar-refractivity contribution < 1.29 is 71.7 Å². The number of fused-ring (bicyclic) bond motifs is 1. The fraction of sp³-hybridized carbons (Fsp3) is 0.714. The summed E-state index contributed by atoms with van der Waals surface area (Å²) < 4.78 is 54.6. The zero-order valence-electron chi connectivity index (χ0n) is 30.1. The van der Waals surface area contributed by atoms with Gasteiger partial charge in [0, 0.05) is 19.6 Å². The zero-order valence-corrected chi connectivity index (χ0v) is 30.1. The summed E-state index contributed by atoms with van der Waals surface area (Å²) in [7, 11) is 0. The van der Waals surface area contributed by atoms with Gasteiger partial charge in [-0.3, -0.25) is 24.1 Å². The first kappa shape index (κ1) is 45.1. The molecule has 296 valence electrons. The van der Waals surface area contributed by atoms with Crippen LogP contribution in [0.1, 0.15) is 40.0 Å². The van der Waals surface area contributed by atoms with Gasteiger partial charge < -0.3 is 57.8 Å². The Bertz CT molecular complexity index is 1070. The summed E-state index contributed by atoms with van der Waals surface area (Å²) in [6.45, 7) is 9.38. The van der Waals surface area contributed by atoms with E-state index in [9.17, 15) is 19.2 Å². The van der Waals surface area contributed by atoms with Gasteiger partial charge in [0.1, 0.15) is 0 Å². The van der Waals surface area contributed by atoms with Crippen LogP contribution in [0.4, 0.5) is 0 Å². The van der Waals surface area contributed by atoms with Crippen LogP contribution in [0.15, 0.2) is 24.3 Å². The number of rotatable bonds is 37. The maximum Gasteiger partial charge on any atom is 0.303 e. The van der Waals surface area contributed by atoms with Crippen molar-refractivity contribution in [1.82, 2.24) is 10.2 Å². The lowest BCUT2D eigenvalue weighted by Gasteiger charge is -2.13. The molecule has 0 spiro atoms. The number of hydrogen-bond acceptors (Lipinski definition) is 14. The molecule has 0 unspecified atom stereocenters. The third kappa shape index (κ3) is 22.8. The second-order valence-corrected chi connectivity index (χ2v) is 11.0. The van der Waals surface area contributed by atoms with Crippen LogP contribution >= 0.6 is 0 Å². The predicted octanol–water partition coefficient (Wildman–Crippen LogP) is 0.820. The fourth-order valence-corrected chi connectivity index (χ4v) is 4.39. The number of carbonyl (C=O) groups is 4. The first-order chi connectivity index (χ1) is 25.5. The quantitative estimate of drug-likeness (QED) is 0.0717. The van der Waals surface area contributed by atoms with Gasteiger partial charge in [-0.15, -0.1) is 0 Å². The van der Waals surface area contributed by atoms with Gasteiger partial charge in [0.2, 0.25) is 5.91 Å². The van der Waals surface area contributed by atoms with Crippen molar-refractivity contribution in [3.63, 3.8) is 0 Å². The Morgan fingerprint density at radius 2 is 0.827 bits per heavy atom. The molecule has 0 saturated carbocycles. The van der Waals surface area contributed by atoms with Gasteiger partial charge in [-0.1, -0.05) is 12.1 Å². The first-order valence-electron chi connectivity index (χ1n) is 17.7. The summed E-state index contributed by atoms with van der Waals surface area (Å²) in [5, 5.41) is 11.2. The third-order valence-electron chi connectivity index (χ3n) is 7.04. The highest BCUT2D eigenvalue weighted by atomic mass is 16.6. The Hall–Kier alpha value is -3.10. The molecular weight excluding hydrogens is 688 g/mol. The van der Waals surface area contributed by atoms with E-state index >= 15 is 0 Å². The second kappa shape index (κ2) is 31.4. The van der Waals surface area contributed by atoms with Crippen molar-refractivity contribution in [2.45, 2.75) is 19.3 Å². The van der Waals surface area contributed by atoms with Gasteiger partial charge in [-0.2, -0.15) is 0 Å². The van der Waals surface area contributed by atoms with Gasteiger partial charge >= 0.3 is 5.97 Å². The highest BCUT2D eigenvalue weighted by molar-refractivity contribution is 6.21. The minimum absolute atomic E-state index is 0.0164. The van der Waals surface area contributed by atoms with Crippen LogP contribution in [0.5, 0.6) is 0 Å². The normalized spacial score (nSPS) is 12.5. The Kier molecular flexibility index (Phi) is 27.2. The molecule has 0 aliphatic carbocycles. The van der Waals surface area contributed by atoms with Crippen LogP contribution in [-0.2, 0) is 57.0 Å². The lowest BCUT2D eigenvalue weighted by molar-refractivity contribution is -0.138. The van der Waals surface area contributed by atoms with E-state index in [4.69, 9.17) is 52.5 Å². The SMILES string of the molecule is O=C(O)CCC(=O)NCCCOCCOCCOCCOCCOCCOCCOCCOCCOCCOCCN1C(=O)c2ccccc2C1=O. The van der Waals surface area contributed by atoms with E-state index in [1.54, 1.807) is 24.3 Å². The topological polar surface area (TPSA) is 196 Å². The zero-order chi connectivity index (χ0) is 37.3. The molecular formula is C35H56N2O15. The largest absolute Gasteiger partial charge is 0.481 e. The van der Waals surface area contributed by atoms with E-state index in [2.05, 4.69) is 5.32 Å². The molecule has 52 heavy (non-hydrogen) atoms. The summed E-state index contributed by atoms with van der Waals surface area (Å²) in [5.74, 6) is -1.83. The van der Waals surface area contributed by atoms with Gasteiger partial charge in [0.05, 0.1) is 150 Å². The van der Waals surface area contributed by atoms with Crippen LogP contribution < -0.4 is 5.32 Å². The maximum absolute atomic E-state index is 12.3. The number of carbonyl (C=O) groups excluding carboxylic acids is 3. The second-order valence-electron chi connectivity index (χ2n) is 11.0. The summed E-state index contributed by atoms with van der Waals surface area (Å²) in [4.78, 5) is 47.6. The van der Waals surface area contributed by atoms with Crippen molar-refractivity contribution in [1.29, 1.82) is 0 Å². The van der Waals surface area contributed by atoms with Gasteiger partial charge in [0.25, 0.3) is 11.8 Å². The van der Waals surface area contributed by atoms with Crippen LogP contribution in [-0.4, -0.2) is 179 Å². The van der Waals surface area contributed by atoms with E-state index in [1.165, 1.54) is 4.90 Å². The van der Waals surface area contributed by atoms with Crippen LogP contribution in [0.25, 0.3) is 0 Å². The average Bonchev–Trinajstić information content (AvgIpc) is 3.38. The van der Waals surface area contributed by atoms with Crippen LogP contribution in [0.2, 0.25) is 0 Å². The lowest BCUT2D eigenvalue weighted by atomic mass is 10.1. The molecule has 0 atom stereocenters. The number of carboxylic acids is 1. The molecule has 17 heteroatoms. The molecule has 1 aliphatic heterocycles. The van der Waals surface area contributed by atoms with Crippen molar-refractivity contribution in [3.05, 3.63) is 35.4 Å². The number of hydrogen-bond donors (Lipinski definition) is 2. The average molecular weight is 745 g/mol. The Morgan fingerprint density at radius 3 is 1.17 bits per heavy atom. The van der Waals surface area contributed by atoms with E-state index in [1.807, 2.05) is 0 Å².